The molecule has 2 aliphatic heterocycles. The van der Waals surface area contributed by atoms with Crippen LogP contribution in [0.5, 0.6) is 5.75 Å². The zero-order valence-corrected chi connectivity index (χ0v) is 21.5. The fourth-order valence-electron chi connectivity index (χ4n) is 4.96. The number of hydrogen-bond donors (Lipinski definition) is 1. The molecule has 1 amide bonds. The van der Waals surface area contributed by atoms with Gasteiger partial charge in [-0.2, -0.15) is 4.31 Å². The molecule has 0 aliphatic carbocycles. The van der Waals surface area contributed by atoms with Crippen LogP contribution in [0.3, 0.4) is 0 Å². The summed E-state index contributed by atoms with van der Waals surface area (Å²) in [4.78, 5) is 15.4. The number of carbonyl (C=O) groups excluding carboxylic acids is 1. The summed E-state index contributed by atoms with van der Waals surface area (Å²) in [5, 5.41) is 3.04. The third kappa shape index (κ3) is 6.63. The Labute approximate surface area is 209 Å². The summed E-state index contributed by atoms with van der Waals surface area (Å²) in [7, 11) is -1.97. The maximum absolute atomic E-state index is 13.1. The normalized spacial score (nSPS) is 17.4. The van der Waals surface area contributed by atoms with Crippen molar-refractivity contribution in [3.8, 4) is 5.75 Å². The van der Waals surface area contributed by atoms with E-state index in [1.165, 1.54) is 18.4 Å². The number of aryl methyl sites for hydroxylation is 1. The Kier molecular flexibility index (Phi) is 8.81. The Balaban J connectivity index is 1.37. The number of rotatable bonds is 10. The number of hydrogen-bond acceptors (Lipinski definition) is 5. The molecule has 0 radical (unpaired) electrons. The van der Waals surface area contributed by atoms with Crippen molar-refractivity contribution in [2.24, 2.45) is 0 Å². The Morgan fingerprint density at radius 1 is 0.914 bits per heavy atom. The van der Waals surface area contributed by atoms with Crippen LogP contribution in [0.25, 0.3) is 0 Å². The highest BCUT2D eigenvalue weighted by molar-refractivity contribution is 7.89. The smallest absolute Gasteiger partial charge is 0.243 e. The average Bonchev–Trinajstić information content (AvgIpc) is 3.40. The fraction of sp³-hybridized carbons (Fsp3) is 0.519. The van der Waals surface area contributed by atoms with E-state index in [4.69, 9.17) is 4.74 Å². The summed E-state index contributed by atoms with van der Waals surface area (Å²) in [6.45, 7) is 4.80. The second kappa shape index (κ2) is 12.0. The highest BCUT2D eigenvalue weighted by Crippen LogP contribution is 2.27. The number of amides is 1. The Hall–Kier alpha value is -2.42. The van der Waals surface area contributed by atoms with Gasteiger partial charge in [-0.3, -0.25) is 9.69 Å². The number of likely N-dealkylation sites (tertiary alicyclic amines) is 1. The van der Waals surface area contributed by atoms with Crippen LogP contribution in [0.2, 0.25) is 0 Å². The van der Waals surface area contributed by atoms with Gasteiger partial charge in [0.15, 0.2) is 0 Å². The average molecular weight is 500 g/mol. The van der Waals surface area contributed by atoms with Crippen LogP contribution in [0.15, 0.2) is 47.4 Å². The summed E-state index contributed by atoms with van der Waals surface area (Å²) in [5.74, 6) is 0.540. The molecule has 4 rings (SSSR count). The maximum Gasteiger partial charge on any atom is 0.243 e. The quantitative estimate of drug-likeness (QED) is 0.539. The van der Waals surface area contributed by atoms with E-state index < -0.39 is 10.0 Å². The van der Waals surface area contributed by atoms with Gasteiger partial charge in [-0.05, 0) is 80.1 Å². The van der Waals surface area contributed by atoms with Gasteiger partial charge in [-0.25, -0.2) is 8.42 Å². The minimum atomic E-state index is -3.54. The monoisotopic (exact) mass is 499 g/mol. The number of nitrogens with zero attached hydrogens (tertiary/aromatic N) is 2. The molecule has 0 bridgehead atoms. The van der Waals surface area contributed by atoms with Crippen LogP contribution in [0.4, 0.5) is 0 Å². The summed E-state index contributed by atoms with van der Waals surface area (Å²) >= 11 is 0. The molecule has 7 nitrogen and oxygen atoms in total. The van der Waals surface area contributed by atoms with Crippen molar-refractivity contribution in [2.75, 3.05) is 33.3 Å². The van der Waals surface area contributed by atoms with E-state index in [0.29, 0.717) is 31.8 Å². The lowest BCUT2D eigenvalue weighted by atomic mass is 10.1. The van der Waals surface area contributed by atoms with Crippen LogP contribution < -0.4 is 10.1 Å². The van der Waals surface area contributed by atoms with Crippen molar-refractivity contribution in [2.45, 2.75) is 62.9 Å². The summed E-state index contributed by atoms with van der Waals surface area (Å²) in [6, 6.07) is 13.2. The van der Waals surface area contributed by atoms with E-state index in [1.807, 2.05) is 12.1 Å². The molecule has 0 aromatic heterocycles. The molecule has 2 aliphatic rings. The first-order valence-electron chi connectivity index (χ1n) is 12.7. The van der Waals surface area contributed by atoms with Gasteiger partial charge in [0.25, 0.3) is 0 Å². The zero-order valence-electron chi connectivity index (χ0n) is 20.7. The van der Waals surface area contributed by atoms with Gasteiger partial charge in [0, 0.05) is 32.6 Å². The van der Waals surface area contributed by atoms with E-state index in [2.05, 4.69) is 22.3 Å². The van der Waals surface area contributed by atoms with Gasteiger partial charge in [0.2, 0.25) is 15.9 Å². The van der Waals surface area contributed by atoms with E-state index in [0.717, 1.165) is 50.0 Å². The first-order chi connectivity index (χ1) is 17.0. The molecule has 35 heavy (non-hydrogen) atoms. The third-order valence-corrected chi connectivity index (χ3v) is 8.91. The van der Waals surface area contributed by atoms with Gasteiger partial charge in [-0.1, -0.05) is 30.7 Å². The van der Waals surface area contributed by atoms with E-state index in [1.54, 1.807) is 29.6 Å². The molecule has 0 atom stereocenters. The first kappa shape index (κ1) is 25.7. The van der Waals surface area contributed by atoms with E-state index >= 15 is 0 Å². The van der Waals surface area contributed by atoms with Crippen LogP contribution >= 0.6 is 0 Å². The number of ether oxygens (including phenoxy) is 1. The van der Waals surface area contributed by atoms with Crippen molar-refractivity contribution >= 4 is 15.9 Å². The van der Waals surface area contributed by atoms with Gasteiger partial charge < -0.3 is 10.1 Å². The molecule has 2 aromatic rings. The minimum Gasteiger partial charge on any atom is -0.496 e. The van der Waals surface area contributed by atoms with Gasteiger partial charge in [0.1, 0.15) is 5.75 Å². The van der Waals surface area contributed by atoms with Crippen molar-refractivity contribution < 1.29 is 17.9 Å². The topological polar surface area (TPSA) is 79.0 Å². The van der Waals surface area contributed by atoms with Crippen LogP contribution in [0, 0.1) is 0 Å². The second-order valence-electron chi connectivity index (χ2n) is 9.47. The standard InChI is InChI=1S/C27H37N3O4S/c1-34-26-13-12-25(35(32,33)30-17-5-2-6-18-30)19-22(26)11-14-27(31)28-20-23-9-3-4-10-24(23)21-29-15-7-8-16-29/h3-4,9-10,12-13,19H,2,5-8,11,14-18,20-21H2,1H3,(H,28,31). The number of carbonyl (C=O) groups is 1. The number of methoxy groups -OCH3 is 1. The number of nitrogens with one attached hydrogen (secondary N) is 1. The lowest BCUT2D eigenvalue weighted by Gasteiger charge is -2.26. The highest BCUT2D eigenvalue weighted by Gasteiger charge is 2.26. The summed E-state index contributed by atoms with van der Waals surface area (Å²) < 4.78 is 33.2. The maximum atomic E-state index is 13.1. The molecule has 0 spiro atoms. The van der Waals surface area contributed by atoms with Crippen molar-refractivity contribution in [3.63, 3.8) is 0 Å². The van der Waals surface area contributed by atoms with Crippen LogP contribution in [-0.4, -0.2) is 56.8 Å². The Morgan fingerprint density at radius 2 is 1.60 bits per heavy atom. The summed E-state index contributed by atoms with van der Waals surface area (Å²) in [5.41, 5.74) is 3.13. The van der Waals surface area contributed by atoms with Crippen molar-refractivity contribution in [3.05, 3.63) is 59.2 Å². The molecule has 0 unspecified atom stereocenters. The molecule has 2 heterocycles. The number of piperidine rings is 1. The molecule has 8 heteroatoms. The molecular formula is C27H37N3O4S. The van der Waals surface area contributed by atoms with Gasteiger partial charge in [0.05, 0.1) is 12.0 Å². The predicted molar refractivity (Wildman–Crippen MR) is 137 cm³/mol. The van der Waals surface area contributed by atoms with Crippen molar-refractivity contribution in [1.82, 2.24) is 14.5 Å². The third-order valence-electron chi connectivity index (χ3n) is 7.01. The Morgan fingerprint density at radius 3 is 2.31 bits per heavy atom. The molecule has 2 aromatic carbocycles. The summed E-state index contributed by atoms with van der Waals surface area (Å²) in [6.07, 6.45) is 6.03. The molecule has 2 fully saturated rings. The van der Waals surface area contributed by atoms with Crippen molar-refractivity contribution in [1.29, 1.82) is 0 Å². The van der Waals surface area contributed by atoms with Crippen LogP contribution in [-0.2, 0) is 34.3 Å². The highest BCUT2D eigenvalue weighted by atomic mass is 32.2. The fourth-order valence-corrected chi connectivity index (χ4v) is 6.53. The first-order valence-corrected chi connectivity index (χ1v) is 14.1. The Bertz CT molecular complexity index is 1110. The number of sulfonamides is 1. The number of benzene rings is 2. The van der Waals surface area contributed by atoms with Gasteiger partial charge >= 0.3 is 0 Å². The molecular weight excluding hydrogens is 462 g/mol. The van der Waals surface area contributed by atoms with Gasteiger partial charge in [-0.15, -0.1) is 0 Å². The van der Waals surface area contributed by atoms with E-state index in [-0.39, 0.29) is 17.2 Å². The SMILES string of the molecule is COc1ccc(S(=O)(=O)N2CCCCC2)cc1CCC(=O)NCc1ccccc1CN1CCCC1. The minimum absolute atomic E-state index is 0.0627. The predicted octanol–water partition coefficient (Wildman–Crippen LogP) is 3.71. The lowest BCUT2D eigenvalue weighted by Crippen LogP contribution is -2.35. The zero-order chi connectivity index (χ0) is 24.7. The molecule has 0 saturated carbocycles. The molecule has 190 valence electrons. The largest absolute Gasteiger partial charge is 0.496 e. The molecule has 2 saturated heterocycles. The van der Waals surface area contributed by atoms with Crippen LogP contribution in [0.1, 0.15) is 55.2 Å². The lowest BCUT2D eigenvalue weighted by molar-refractivity contribution is -0.121. The van der Waals surface area contributed by atoms with E-state index in [9.17, 15) is 13.2 Å². The molecule has 1 N–H and O–H groups in total. The second-order valence-corrected chi connectivity index (χ2v) is 11.4.